The van der Waals surface area contributed by atoms with Gasteiger partial charge in [-0.2, -0.15) is 11.3 Å². The van der Waals surface area contributed by atoms with Crippen LogP contribution in [0.2, 0.25) is 0 Å². The van der Waals surface area contributed by atoms with Crippen molar-refractivity contribution in [1.29, 1.82) is 0 Å². The third-order valence-corrected chi connectivity index (χ3v) is 5.46. The number of rotatable bonds is 2. The molecule has 0 bridgehead atoms. The Morgan fingerprint density at radius 1 is 1.32 bits per heavy atom. The number of likely N-dealkylation sites (tertiary alicyclic amines) is 1. The normalized spacial score (nSPS) is 20.4. The maximum Gasteiger partial charge on any atom is 0.261 e. The quantitative estimate of drug-likeness (QED) is 0.926. The molecule has 1 aliphatic carbocycles. The number of carbonyl (C=O) groups is 1. The highest BCUT2D eigenvalue weighted by Crippen LogP contribution is 2.34. The number of aryl methyl sites for hydroxylation is 2. The smallest absolute Gasteiger partial charge is 0.261 e. The Bertz CT molecular complexity index is 763. The molecular formula is C17H18N2O2S. The van der Waals surface area contributed by atoms with Crippen LogP contribution in [-0.4, -0.2) is 22.3 Å². The van der Waals surface area contributed by atoms with Crippen LogP contribution >= 0.6 is 11.3 Å². The lowest BCUT2D eigenvalue weighted by molar-refractivity contribution is 0.0734. The van der Waals surface area contributed by atoms with Crippen molar-refractivity contribution < 1.29 is 4.79 Å². The van der Waals surface area contributed by atoms with E-state index in [-0.39, 0.29) is 17.5 Å². The summed E-state index contributed by atoms with van der Waals surface area (Å²) in [6, 6.07) is 4.02. The van der Waals surface area contributed by atoms with E-state index in [2.05, 4.69) is 16.4 Å². The topological polar surface area (TPSA) is 53.2 Å². The van der Waals surface area contributed by atoms with Crippen molar-refractivity contribution >= 4 is 17.2 Å². The van der Waals surface area contributed by atoms with Crippen LogP contribution < -0.4 is 5.56 Å². The second-order valence-corrected chi connectivity index (χ2v) is 6.86. The van der Waals surface area contributed by atoms with Gasteiger partial charge in [0.1, 0.15) is 5.56 Å². The van der Waals surface area contributed by atoms with Crippen molar-refractivity contribution in [2.24, 2.45) is 0 Å². The molecule has 2 aliphatic rings. The number of nitrogens with zero attached hydrogens (tertiary/aromatic N) is 1. The molecule has 1 fully saturated rings. The highest BCUT2D eigenvalue weighted by molar-refractivity contribution is 7.07. The molecule has 114 valence electrons. The number of amides is 1. The lowest BCUT2D eigenvalue weighted by atomic mass is 10.1. The predicted molar refractivity (Wildman–Crippen MR) is 86.4 cm³/mol. The van der Waals surface area contributed by atoms with E-state index >= 15 is 0 Å². The monoisotopic (exact) mass is 314 g/mol. The van der Waals surface area contributed by atoms with Gasteiger partial charge < -0.3 is 9.88 Å². The number of aromatic amines is 1. The van der Waals surface area contributed by atoms with Gasteiger partial charge in [0, 0.05) is 12.2 Å². The third-order valence-electron chi connectivity index (χ3n) is 4.76. The molecule has 1 unspecified atom stereocenters. The summed E-state index contributed by atoms with van der Waals surface area (Å²) in [6.45, 7) is 0.732. The molecule has 5 heteroatoms. The number of hydrogen-bond donors (Lipinski definition) is 1. The van der Waals surface area contributed by atoms with Crippen LogP contribution in [-0.2, 0) is 12.8 Å². The Labute approximate surface area is 132 Å². The fourth-order valence-corrected chi connectivity index (χ4v) is 4.35. The van der Waals surface area contributed by atoms with Gasteiger partial charge in [0.25, 0.3) is 11.5 Å². The first-order chi connectivity index (χ1) is 10.7. The fraction of sp³-hybridized carbons (Fsp3) is 0.412. The van der Waals surface area contributed by atoms with Crippen LogP contribution in [0, 0.1) is 0 Å². The second kappa shape index (κ2) is 5.39. The Kier molecular flexibility index (Phi) is 3.37. The predicted octanol–water partition coefficient (Wildman–Crippen LogP) is 2.90. The van der Waals surface area contributed by atoms with Crippen molar-refractivity contribution in [3.05, 3.63) is 55.6 Å². The Morgan fingerprint density at radius 3 is 3.05 bits per heavy atom. The van der Waals surface area contributed by atoms with Crippen LogP contribution in [0.4, 0.5) is 0 Å². The maximum atomic E-state index is 12.9. The van der Waals surface area contributed by atoms with Gasteiger partial charge in [0.05, 0.1) is 6.04 Å². The summed E-state index contributed by atoms with van der Waals surface area (Å²) in [6.07, 6.45) is 4.91. The summed E-state index contributed by atoms with van der Waals surface area (Å²) in [4.78, 5) is 29.9. The number of hydrogen-bond acceptors (Lipinski definition) is 3. The summed E-state index contributed by atoms with van der Waals surface area (Å²) in [5.41, 5.74) is 3.41. The molecular weight excluding hydrogens is 296 g/mol. The first-order valence-corrected chi connectivity index (χ1v) is 8.76. The second-order valence-electron chi connectivity index (χ2n) is 6.08. The number of H-pyrrole nitrogens is 1. The van der Waals surface area contributed by atoms with Crippen LogP contribution in [0.3, 0.4) is 0 Å². The van der Waals surface area contributed by atoms with Crippen LogP contribution in [0.25, 0.3) is 0 Å². The van der Waals surface area contributed by atoms with Gasteiger partial charge >= 0.3 is 0 Å². The van der Waals surface area contributed by atoms with E-state index in [0.717, 1.165) is 49.9 Å². The number of thiophene rings is 1. The highest BCUT2D eigenvalue weighted by Gasteiger charge is 2.32. The zero-order chi connectivity index (χ0) is 15.1. The molecule has 1 atom stereocenters. The SMILES string of the molecule is O=C(c1cc2c([nH]c1=O)CCC2)N1CCCC1c1ccsc1. The largest absolute Gasteiger partial charge is 0.331 e. The summed E-state index contributed by atoms with van der Waals surface area (Å²) < 4.78 is 0. The highest BCUT2D eigenvalue weighted by atomic mass is 32.1. The van der Waals surface area contributed by atoms with Crippen molar-refractivity contribution in [3.63, 3.8) is 0 Å². The summed E-state index contributed by atoms with van der Waals surface area (Å²) in [5.74, 6) is -0.121. The standard InChI is InChI=1S/C17H18N2O2S/c20-16-13(9-11-3-1-4-14(11)18-16)17(21)19-7-2-5-15(19)12-6-8-22-10-12/h6,8-10,15H,1-5,7H2,(H,18,20). The zero-order valence-corrected chi connectivity index (χ0v) is 13.1. The van der Waals surface area contributed by atoms with Gasteiger partial charge in [-0.05, 0) is 66.1 Å². The third kappa shape index (κ3) is 2.20. The van der Waals surface area contributed by atoms with Gasteiger partial charge in [-0.15, -0.1) is 0 Å². The Hall–Kier alpha value is -1.88. The number of carbonyl (C=O) groups excluding carboxylic acids is 1. The van der Waals surface area contributed by atoms with E-state index in [1.54, 1.807) is 11.3 Å². The summed E-state index contributed by atoms with van der Waals surface area (Å²) in [5, 5.41) is 4.14. The van der Waals surface area contributed by atoms with E-state index in [1.807, 2.05) is 16.3 Å². The van der Waals surface area contributed by atoms with Crippen LogP contribution in [0.5, 0.6) is 0 Å². The minimum absolute atomic E-state index is 0.117. The minimum atomic E-state index is -0.235. The average molecular weight is 314 g/mol. The van der Waals surface area contributed by atoms with E-state index in [0.29, 0.717) is 5.56 Å². The molecule has 0 aromatic carbocycles. The molecule has 4 nitrogen and oxygen atoms in total. The van der Waals surface area contributed by atoms with E-state index in [1.165, 1.54) is 5.56 Å². The molecule has 1 saturated heterocycles. The van der Waals surface area contributed by atoms with Crippen LogP contribution in [0.1, 0.15) is 52.5 Å². The lowest BCUT2D eigenvalue weighted by Gasteiger charge is -2.24. The molecule has 1 amide bonds. The van der Waals surface area contributed by atoms with E-state index < -0.39 is 0 Å². The van der Waals surface area contributed by atoms with Crippen molar-refractivity contribution in [1.82, 2.24) is 9.88 Å². The molecule has 22 heavy (non-hydrogen) atoms. The van der Waals surface area contributed by atoms with Gasteiger partial charge in [-0.3, -0.25) is 9.59 Å². The van der Waals surface area contributed by atoms with Crippen molar-refractivity contribution in [2.75, 3.05) is 6.54 Å². The fourth-order valence-electron chi connectivity index (χ4n) is 3.65. The molecule has 1 aliphatic heterocycles. The maximum absolute atomic E-state index is 12.9. The summed E-state index contributed by atoms with van der Waals surface area (Å²) in [7, 11) is 0. The van der Waals surface area contributed by atoms with Crippen LogP contribution in [0.15, 0.2) is 27.7 Å². The van der Waals surface area contributed by atoms with E-state index in [4.69, 9.17) is 0 Å². The first-order valence-electron chi connectivity index (χ1n) is 7.82. The number of nitrogens with one attached hydrogen (secondary N) is 1. The Balaban J connectivity index is 1.68. The average Bonchev–Trinajstić information content (AvgIpc) is 3.25. The lowest BCUT2D eigenvalue weighted by Crippen LogP contribution is -2.34. The van der Waals surface area contributed by atoms with Gasteiger partial charge in [0.2, 0.25) is 0 Å². The number of fused-ring (bicyclic) bond motifs is 1. The Morgan fingerprint density at radius 2 is 2.23 bits per heavy atom. The minimum Gasteiger partial charge on any atom is -0.331 e. The van der Waals surface area contributed by atoms with Gasteiger partial charge in [-0.1, -0.05) is 0 Å². The van der Waals surface area contributed by atoms with Crippen molar-refractivity contribution in [2.45, 2.75) is 38.1 Å². The summed E-state index contributed by atoms with van der Waals surface area (Å²) >= 11 is 1.65. The number of pyridine rings is 1. The van der Waals surface area contributed by atoms with Gasteiger partial charge in [0.15, 0.2) is 0 Å². The molecule has 1 N–H and O–H groups in total. The zero-order valence-electron chi connectivity index (χ0n) is 12.3. The van der Waals surface area contributed by atoms with Gasteiger partial charge in [-0.25, -0.2) is 0 Å². The molecule has 0 saturated carbocycles. The van der Waals surface area contributed by atoms with Crippen molar-refractivity contribution in [3.8, 4) is 0 Å². The first kappa shape index (κ1) is 13.8. The molecule has 2 aromatic heterocycles. The molecule has 3 heterocycles. The molecule has 0 spiro atoms. The van der Waals surface area contributed by atoms with E-state index in [9.17, 15) is 9.59 Å². The molecule has 2 aromatic rings. The molecule has 0 radical (unpaired) electrons. The molecule has 4 rings (SSSR count). The number of aromatic nitrogens is 1.